The summed E-state index contributed by atoms with van der Waals surface area (Å²) in [6.45, 7) is 0. The first-order valence-corrected chi connectivity index (χ1v) is 12.5. The molecule has 1 saturated carbocycles. The van der Waals surface area contributed by atoms with Crippen molar-refractivity contribution in [1.29, 1.82) is 0 Å². The van der Waals surface area contributed by atoms with Crippen molar-refractivity contribution in [3.63, 3.8) is 0 Å². The van der Waals surface area contributed by atoms with Gasteiger partial charge in [-0.05, 0) is 42.7 Å². The Balaban J connectivity index is 1.23. The Morgan fingerprint density at radius 3 is 2.51 bits per heavy atom. The van der Waals surface area contributed by atoms with Gasteiger partial charge in [-0.15, -0.1) is 0 Å². The number of carbonyl (C=O) groups is 2. The summed E-state index contributed by atoms with van der Waals surface area (Å²) in [4.78, 5) is 25.3. The van der Waals surface area contributed by atoms with E-state index in [0.29, 0.717) is 36.2 Å². The van der Waals surface area contributed by atoms with E-state index in [0.717, 1.165) is 36.1 Å². The number of aromatic amines is 1. The van der Waals surface area contributed by atoms with Crippen LogP contribution in [-0.4, -0.2) is 38.8 Å². The molecule has 1 aromatic carbocycles. The highest BCUT2D eigenvalue weighted by atomic mass is 16.5. The van der Waals surface area contributed by atoms with Crippen molar-refractivity contribution in [1.82, 2.24) is 20.0 Å². The first kappa shape index (κ1) is 24.7. The van der Waals surface area contributed by atoms with Gasteiger partial charge in [-0.25, -0.2) is 4.68 Å². The van der Waals surface area contributed by atoms with E-state index in [-0.39, 0.29) is 11.7 Å². The maximum Gasteiger partial charge on any atom is 0.235 e. The zero-order valence-corrected chi connectivity index (χ0v) is 20.6. The molecule has 1 fully saturated rings. The fourth-order valence-electron chi connectivity index (χ4n) is 5.25. The smallest absolute Gasteiger partial charge is 0.235 e. The van der Waals surface area contributed by atoms with Crippen LogP contribution in [0.1, 0.15) is 68.1 Å². The van der Waals surface area contributed by atoms with E-state index >= 15 is 0 Å². The molecular formula is C27H35N5O3. The molecule has 2 atom stereocenters. The van der Waals surface area contributed by atoms with E-state index in [1.54, 1.807) is 31.2 Å². The molecule has 186 valence electrons. The maximum absolute atomic E-state index is 12.8. The van der Waals surface area contributed by atoms with Crippen LogP contribution in [0.3, 0.4) is 0 Å². The summed E-state index contributed by atoms with van der Waals surface area (Å²) in [7, 11) is 3.34. The Morgan fingerprint density at radius 2 is 1.83 bits per heavy atom. The summed E-state index contributed by atoms with van der Waals surface area (Å²) in [5.74, 6) is 1.87. The number of amides is 1. The second kappa shape index (κ2) is 11.8. The minimum atomic E-state index is -0.0163. The van der Waals surface area contributed by atoms with Gasteiger partial charge < -0.3 is 10.1 Å². The number of aryl methyl sites for hydroxylation is 1. The van der Waals surface area contributed by atoms with E-state index in [2.05, 4.69) is 20.6 Å². The fourth-order valence-corrected chi connectivity index (χ4v) is 5.25. The van der Waals surface area contributed by atoms with Crippen molar-refractivity contribution < 1.29 is 14.3 Å². The van der Waals surface area contributed by atoms with Crippen LogP contribution >= 0.6 is 0 Å². The number of hydrogen-bond acceptors (Lipinski definition) is 5. The molecular weight excluding hydrogens is 442 g/mol. The van der Waals surface area contributed by atoms with Crippen molar-refractivity contribution in [3.05, 3.63) is 48.3 Å². The third-order valence-corrected chi connectivity index (χ3v) is 7.16. The Labute approximate surface area is 206 Å². The number of ether oxygens (including phenoxy) is 1. The first-order valence-electron chi connectivity index (χ1n) is 12.5. The largest absolute Gasteiger partial charge is 0.480 e. The molecule has 0 bridgehead atoms. The molecule has 1 aliphatic rings. The lowest BCUT2D eigenvalue weighted by Crippen LogP contribution is -2.21. The number of nitrogens with zero attached hydrogens (tertiary/aromatic N) is 3. The van der Waals surface area contributed by atoms with Gasteiger partial charge in [0.1, 0.15) is 5.69 Å². The molecule has 2 N–H and O–H groups in total. The van der Waals surface area contributed by atoms with Crippen LogP contribution in [0.5, 0.6) is 5.88 Å². The molecule has 0 saturated heterocycles. The molecule has 1 aliphatic carbocycles. The number of anilines is 1. The SMILES string of the molecule is COc1c(NC(=O)CCCC2CCCCC2CCC(=O)c2ccc(-c3ccn[nH]3)cc2)cnn1C. The van der Waals surface area contributed by atoms with Crippen LogP contribution in [0.2, 0.25) is 0 Å². The van der Waals surface area contributed by atoms with Gasteiger partial charge in [0, 0.05) is 31.6 Å². The Hall–Kier alpha value is -3.42. The van der Waals surface area contributed by atoms with Crippen LogP contribution in [0.25, 0.3) is 11.3 Å². The second-order valence-electron chi connectivity index (χ2n) is 9.45. The average molecular weight is 478 g/mol. The predicted molar refractivity (Wildman–Crippen MR) is 135 cm³/mol. The second-order valence-corrected chi connectivity index (χ2v) is 9.45. The summed E-state index contributed by atoms with van der Waals surface area (Å²) in [5, 5.41) is 14.0. The standard InChI is InChI=1S/C27H35N5O3/c1-32-27(35-2)24(18-29-32)30-26(34)9-5-8-19-6-3-4-7-20(19)14-15-25(33)22-12-10-21(11-13-22)23-16-17-28-31-23/h10-13,16-20H,3-9,14-15H2,1-2H3,(H,28,31)(H,30,34). The average Bonchev–Trinajstić information content (AvgIpc) is 3.53. The third kappa shape index (κ3) is 6.38. The lowest BCUT2D eigenvalue weighted by molar-refractivity contribution is -0.116. The first-order chi connectivity index (χ1) is 17.0. The summed E-state index contributed by atoms with van der Waals surface area (Å²) in [6, 6.07) is 9.67. The number of rotatable bonds is 11. The number of Topliss-reactive ketones (excluding diaryl/α,β-unsaturated/α-hetero) is 1. The topological polar surface area (TPSA) is 102 Å². The number of carbonyl (C=O) groups excluding carboxylic acids is 2. The summed E-state index contributed by atoms with van der Waals surface area (Å²) in [6.07, 6.45) is 12.0. The molecule has 8 heteroatoms. The van der Waals surface area contributed by atoms with Gasteiger partial charge in [0.15, 0.2) is 5.78 Å². The van der Waals surface area contributed by atoms with Crippen molar-refractivity contribution in [2.24, 2.45) is 18.9 Å². The lowest BCUT2D eigenvalue weighted by atomic mass is 9.74. The summed E-state index contributed by atoms with van der Waals surface area (Å²) < 4.78 is 6.88. The molecule has 0 spiro atoms. The highest BCUT2D eigenvalue weighted by Gasteiger charge is 2.25. The number of methoxy groups -OCH3 is 1. The Kier molecular flexibility index (Phi) is 8.34. The number of nitrogens with one attached hydrogen (secondary N) is 2. The molecule has 2 heterocycles. The molecule has 35 heavy (non-hydrogen) atoms. The van der Waals surface area contributed by atoms with Crippen LogP contribution in [0.15, 0.2) is 42.7 Å². The predicted octanol–water partition coefficient (Wildman–Crippen LogP) is 5.40. The normalized spacial score (nSPS) is 17.8. The van der Waals surface area contributed by atoms with E-state index in [1.807, 2.05) is 30.3 Å². The number of aromatic nitrogens is 4. The Morgan fingerprint density at radius 1 is 1.09 bits per heavy atom. The summed E-state index contributed by atoms with van der Waals surface area (Å²) >= 11 is 0. The van der Waals surface area contributed by atoms with Crippen molar-refractivity contribution in [2.75, 3.05) is 12.4 Å². The van der Waals surface area contributed by atoms with Gasteiger partial charge in [0.05, 0.1) is 19.0 Å². The molecule has 2 unspecified atom stereocenters. The molecule has 2 aromatic heterocycles. The van der Waals surface area contributed by atoms with Gasteiger partial charge in [-0.2, -0.15) is 10.2 Å². The number of hydrogen-bond donors (Lipinski definition) is 2. The van der Waals surface area contributed by atoms with Crippen LogP contribution in [-0.2, 0) is 11.8 Å². The van der Waals surface area contributed by atoms with Crippen molar-refractivity contribution in [2.45, 2.75) is 57.8 Å². The van der Waals surface area contributed by atoms with Gasteiger partial charge >= 0.3 is 0 Å². The van der Waals surface area contributed by atoms with Gasteiger partial charge in [-0.1, -0.05) is 49.9 Å². The molecule has 3 aromatic rings. The van der Waals surface area contributed by atoms with Crippen LogP contribution < -0.4 is 10.1 Å². The monoisotopic (exact) mass is 477 g/mol. The van der Waals surface area contributed by atoms with E-state index < -0.39 is 0 Å². The minimum Gasteiger partial charge on any atom is -0.480 e. The van der Waals surface area contributed by atoms with Crippen LogP contribution in [0, 0.1) is 11.8 Å². The number of H-pyrrole nitrogens is 1. The zero-order chi connectivity index (χ0) is 24.6. The quantitative estimate of drug-likeness (QED) is 0.360. The maximum atomic E-state index is 12.8. The lowest BCUT2D eigenvalue weighted by Gasteiger charge is -2.31. The molecule has 0 radical (unpaired) electrons. The minimum absolute atomic E-state index is 0.0163. The zero-order valence-electron chi connectivity index (χ0n) is 20.6. The van der Waals surface area contributed by atoms with E-state index in [4.69, 9.17) is 4.74 Å². The Bertz CT molecular complexity index is 1100. The molecule has 1 amide bonds. The molecule has 0 aliphatic heterocycles. The van der Waals surface area contributed by atoms with Gasteiger partial charge in [0.25, 0.3) is 0 Å². The third-order valence-electron chi connectivity index (χ3n) is 7.16. The fraction of sp³-hybridized carbons (Fsp3) is 0.481. The van der Waals surface area contributed by atoms with E-state index in [1.165, 1.54) is 25.7 Å². The summed E-state index contributed by atoms with van der Waals surface area (Å²) in [5.41, 5.74) is 3.34. The van der Waals surface area contributed by atoms with Gasteiger partial charge in [-0.3, -0.25) is 14.7 Å². The highest BCUT2D eigenvalue weighted by Crippen LogP contribution is 2.36. The molecule has 8 nitrogen and oxygen atoms in total. The van der Waals surface area contributed by atoms with E-state index in [9.17, 15) is 9.59 Å². The molecule has 4 rings (SSSR count). The van der Waals surface area contributed by atoms with Crippen molar-refractivity contribution >= 4 is 17.4 Å². The van der Waals surface area contributed by atoms with Gasteiger partial charge in [0.2, 0.25) is 11.8 Å². The highest BCUT2D eigenvalue weighted by molar-refractivity contribution is 5.96. The number of benzene rings is 1. The number of ketones is 1. The van der Waals surface area contributed by atoms with Crippen LogP contribution in [0.4, 0.5) is 5.69 Å². The van der Waals surface area contributed by atoms with Crippen molar-refractivity contribution in [3.8, 4) is 17.1 Å².